The van der Waals surface area contributed by atoms with Crippen molar-refractivity contribution in [1.29, 1.82) is 0 Å². The van der Waals surface area contributed by atoms with Crippen molar-refractivity contribution in [3.8, 4) is 0 Å². The van der Waals surface area contributed by atoms with Gasteiger partial charge in [-0.2, -0.15) is 0 Å². The molecule has 0 unspecified atom stereocenters. The summed E-state index contributed by atoms with van der Waals surface area (Å²) < 4.78 is 0. The van der Waals surface area contributed by atoms with Gasteiger partial charge in [-0.25, -0.2) is 0 Å². The Morgan fingerprint density at radius 2 is 1.53 bits per heavy atom. The van der Waals surface area contributed by atoms with Crippen LogP contribution >= 0.6 is 0 Å². The van der Waals surface area contributed by atoms with E-state index in [0.29, 0.717) is 10.8 Å². The molecule has 0 amide bonds. The molecule has 0 spiro atoms. The molecule has 104 valence electrons. The van der Waals surface area contributed by atoms with Crippen molar-refractivity contribution in [2.45, 2.75) is 68.2 Å². The van der Waals surface area contributed by atoms with Gasteiger partial charge in [0.1, 0.15) is 0 Å². The minimum Gasteiger partial charge on any atom is -0.303 e. The largest absolute Gasteiger partial charge is 0.303 e. The van der Waals surface area contributed by atoms with Crippen LogP contribution in [0.5, 0.6) is 0 Å². The second-order valence-corrected chi connectivity index (χ2v) is 7.52. The summed E-state index contributed by atoms with van der Waals surface area (Å²) in [6.45, 7) is 22.5. The molecule has 0 aliphatic carbocycles. The van der Waals surface area contributed by atoms with E-state index in [4.69, 9.17) is 0 Å². The molecule has 0 atom stereocenters. The summed E-state index contributed by atoms with van der Waals surface area (Å²) in [5, 5.41) is 0. The van der Waals surface area contributed by atoms with Crippen LogP contribution in [-0.2, 0) is 0 Å². The molecule has 0 saturated heterocycles. The SMILES string of the molecule is CCN(CCCC(C)(C)C(C)(C)C)CC(C)C. The van der Waals surface area contributed by atoms with Crippen molar-refractivity contribution >= 4 is 0 Å². The Kier molecular flexibility index (Phi) is 6.76. The molecule has 0 rings (SSSR count). The highest BCUT2D eigenvalue weighted by atomic mass is 15.1. The molecule has 0 radical (unpaired) electrons. The summed E-state index contributed by atoms with van der Waals surface area (Å²) in [6.07, 6.45) is 2.65. The van der Waals surface area contributed by atoms with E-state index in [0.717, 1.165) is 5.92 Å². The van der Waals surface area contributed by atoms with Gasteiger partial charge in [-0.1, -0.05) is 55.4 Å². The third-order valence-corrected chi connectivity index (χ3v) is 4.38. The Hall–Kier alpha value is -0.0400. The van der Waals surface area contributed by atoms with E-state index in [1.165, 1.54) is 32.5 Å². The summed E-state index contributed by atoms with van der Waals surface area (Å²) >= 11 is 0. The molecule has 0 aromatic rings. The van der Waals surface area contributed by atoms with Crippen LogP contribution in [0.1, 0.15) is 68.2 Å². The number of nitrogens with zero attached hydrogens (tertiary/aromatic N) is 1. The van der Waals surface area contributed by atoms with E-state index in [2.05, 4.69) is 60.3 Å². The van der Waals surface area contributed by atoms with Crippen LogP contribution in [0.4, 0.5) is 0 Å². The summed E-state index contributed by atoms with van der Waals surface area (Å²) in [7, 11) is 0. The smallest absolute Gasteiger partial charge is 0.000427 e. The van der Waals surface area contributed by atoms with Gasteiger partial charge in [0, 0.05) is 6.54 Å². The Bertz CT molecular complexity index is 198. The maximum Gasteiger partial charge on any atom is 0.000427 e. The lowest BCUT2D eigenvalue weighted by Gasteiger charge is -2.39. The van der Waals surface area contributed by atoms with Gasteiger partial charge in [0.25, 0.3) is 0 Å². The minimum atomic E-state index is 0.405. The topological polar surface area (TPSA) is 3.24 Å². The molecule has 0 aromatic carbocycles. The molecule has 0 saturated carbocycles. The maximum absolute atomic E-state index is 2.59. The van der Waals surface area contributed by atoms with Crippen molar-refractivity contribution in [1.82, 2.24) is 4.90 Å². The Morgan fingerprint density at radius 3 is 1.88 bits per heavy atom. The van der Waals surface area contributed by atoms with Crippen LogP contribution in [0.25, 0.3) is 0 Å². The first kappa shape index (κ1) is 17.0. The third kappa shape index (κ3) is 6.45. The summed E-state index contributed by atoms with van der Waals surface area (Å²) in [5.74, 6) is 0.783. The van der Waals surface area contributed by atoms with Gasteiger partial charge < -0.3 is 4.90 Å². The lowest BCUT2D eigenvalue weighted by Crippen LogP contribution is -2.32. The van der Waals surface area contributed by atoms with E-state index in [-0.39, 0.29) is 0 Å². The second-order valence-electron chi connectivity index (χ2n) is 7.52. The monoisotopic (exact) mass is 241 g/mol. The molecule has 1 heteroatoms. The zero-order valence-electron chi connectivity index (χ0n) is 13.6. The van der Waals surface area contributed by atoms with Crippen molar-refractivity contribution in [3.05, 3.63) is 0 Å². The van der Waals surface area contributed by atoms with Crippen molar-refractivity contribution in [2.75, 3.05) is 19.6 Å². The Labute approximate surface area is 110 Å². The van der Waals surface area contributed by atoms with Gasteiger partial charge in [0.2, 0.25) is 0 Å². The highest BCUT2D eigenvalue weighted by Gasteiger charge is 2.31. The molecule has 1 nitrogen and oxygen atoms in total. The second kappa shape index (κ2) is 6.78. The summed E-state index contributed by atoms with van der Waals surface area (Å²) in [4.78, 5) is 2.59. The quantitative estimate of drug-likeness (QED) is 0.618. The molecule has 0 heterocycles. The predicted molar refractivity (Wildman–Crippen MR) is 79.4 cm³/mol. The first-order valence-electron chi connectivity index (χ1n) is 7.32. The molecule has 0 N–H and O–H groups in total. The van der Waals surface area contributed by atoms with Gasteiger partial charge in [-0.05, 0) is 42.7 Å². The molecule has 0 aromatic heterocycles. The number of hydrogen-bond donors (Lipinski definition) is 0. The first-order valence-corrected chi connectivity index (χ1v) is 7.32. The number of rotatable bonds is 7. The highest BCUT2D eigenvalue weighted by Crippen LogP contribution is 2.41. The van der Waals surface area contributed by atoms with Gasteiger partial charge in [-0.15, -0.1) is 0 Å². The van der Waals surface area contributed by atoms with E-state index < -0.39 is 0 Å². The average Bonchev–Trinajstić information content (AvgIpc) is 2.13. The van der Waals surface area contributed by atoms with Crippen LogP contribution in [0, 0.1) is 16.7 Å². The molecule has 17 heavy (non-hydrogen) atoms. The summed E-state index contributed by atoms with van der Waals surface area (Å²) in [5.41, 5.74) is 0.840. The molecule has 0 bridgehead atoms. The normalized spacial score (nSPS) is 13.8. The average molecular weight is 241 g/mol. The van der Waals surface area contributed by atoms with Crippen molar-refractivity contribution < 1.29 is 0 Å². The van der Waals surface area contributed by atoms with Crippen LogP contribution in [0.3, 0.4) is 0 Å². The van der Waals surface area contributed by atoms with E-state index in [9.17, 15) is 0 Å². The maximum atomic E-state index is 2.59. The highest BCUT2D eigenvalue weighted by molar-refractivity contribution is 4.82. The van der Waals surface area contributed by atoms with Gasteiger partial charge in [0.15, 0.2) is 0 Å². The van der Waals surface area contributed by atoms with Gasteiger partial charge >= 0.3 is 0 Å². The van der Waals surface area contributed by atoms with Crippen LogP contribution < -0.4 is 0 Å². The fourth-order valence-electron chi connectivity index (χ4n) is 2.01. The number of hydrogen-bond acceptors (Lipinski definition) is 1. The van der Waals surface area contributed by atoms with Gasteiger partial charge in [-0.3, -0.25) is 0 Å². The Morgan fingerprint density at radius 1 is 1.00 bits per heavy atom. The fourth-order valence-corrected chi connectivity index (χ4v) is 2.01. The lowest BCUT2D eigenvalue weighted by molar-refractivity contribution is 0.109. The fraction of sp³-hybridized carbons (Fsp3) is 1.00. The molecule has 0 fully saturated rings. The zero-order chi connectivity index (χ0) is 13.7. The van der Waals surface area contributed by atoms with Crippen molar-refractivity contribution in [2.24, 2.45) is 16.7 Å². The summed E-state index contributed by atoms with van der Waals surface area (Å²) in [6, 6.07) is 0. The molecule has 0 aliphatic heterocycles. The third-order valence-electron chi connectivity index (χ3n) is 4.38. The lowest BCUT2D eigenvalue weighted by atomic mass is 9.67. The molecular formula is C16H35N. The minimum absolute atomic E-state index is 0.405. The molecular weight excluding hydrogens is 206 g/mol. The van der Waals surface area contributed by atoms with Crippen LogP contribution in [0.15, 0.2) is 0 Å². The van der Waals surface area contributed by atoms with E-state index in [1.807, 2.05) is 0 Å². The van der Waals surface area contributed by atoms with Crippen molar-refractivity contribution in [3.63, 3.8) is 0 Å². The van der Waals surface area contributed by atoms with E-state index >= 15 is 0 Å². The molecule has 0 aliphatic rings. The first-order chi connectivity index (χ1) is 7.60. The standard InChI is InChI=1S/C16H35N/c1-9-17(13-14(2)3)12-10-11-16(7,8)15(4,5)6/h14H,9-13H2,1-8H3. The van der Waals surface area contributed by atoms with Gasteiger partial charge in [0.05, 0.1) is 0 Å². The zero-order valence-corrected chi connectivity index (χ0v) is 13.6. The van der Waals surface area contributed by atoms with E-state index in [1.54, 1.807) is 0 Å². The van der Waals surface area contributed by atoms with Crippen LogP contribution in [-0.4, -0.2) is 24.5 Å². The Balaban J connectivity index is 4.04. The predicted octanol–water partition coefficient (Wildman–Crippen LogP) is 4.82. The van der Waals surface area contributed by atoms with Crippen LogP contribution in [0.2, 0.25) is 0 Å².